The lowest BCUT2D eigenvalue weighted by Gasteiger charge is -2.28. The number of nitrogens with one attached hydrogen (secondary N) is 1. The minimum absolute atomic E-state index is 0.583. The first kappa shape index (κ1) is 14.8. The minimum atomic E-state index is -1.01. The highest BCUT2D eigenvalue weighted by Gasteiger charge is 2.29. The monoisotopic (exact) mass is 312 g/mol. The van der Waals surface area contributed by atoms with Crippen molar-refractivity contribution in [2.24, 2.45) is 0 Å². The Morgan fingerprint density at radius 3 is 2.09 bits per heavy atom. The van der Waals surface area contributed by atoms with Gasteiger partial charge in [0.15, 0.2) is 0 Å². The Hall–Kier alpha value is -2.10. The first-order valence-electron chi connectivity index (χ1n) is 7.21. The van der Waals surface area contributed by atoms with Gasteiger partial charge < -0.3 is 5.11 Å². The van der Waals surface area contributed by atoms with E-state index in [2.05, 4.69) is 10.2 Å². The molecule has 112 valence electrons. The number of aliphatic hydroxyl groups is 1. The van der Waals surface area contributed by atoms with Crippen LogP contribution in [0.4, 0.5) is 0 Å². The van der Waals surface area contributed by atoms with Gasteiger partial charge in [-0.2, -0.15) is 5.10 Å². The number of aromatic amines is 1. The van der Waals surface area contributed by atoms with Crippen molar-refractivity contribution in [3.63, 3.8) is 0 Å². The molecule has 0 bridgehead atoms. The number of benzene rings is 2. The van der Waals surface area contributed by atoms with Crippen LogP contribution in [0.1, 0.15) is 24.5 Å². The molecule has 0 fully saturated rings. The van der Waals surface area contributed by atoms with Gasteiger partial charge in [-0.1, -0.05) is 54.9 Å². The molecule has 1 unspecified atom stereocenters. The number of hydrogen-bond donors (Lipinski definition) is 2. The molecule has 0 saturated carbocycles. The van der Waals surface area contributed by atoms with Crippen LogP contribution in [0.25, 0.3) is 11.1 Å². The molecule has 1 heterocycles. The summed E-state index contributed by atoms with van der Waals surface area (Å²) in [5, 5.41) is 18.5. The summed E-state index contributed by atoms with van der Waals surface area (Å²) < 4.78 is 0. The van der Waals surface area contributed by atoms with E-state index >= 15 is 0 Å². The maximum Gasteiger partial charge on any atom is 0.114 e. The van der Waals surface area contributed by atoms with E-state index in [-0.39, 0.29) is 0 Å². The van der Waals surface area contributed by atoms with E-state index in [1.165, 1.54) is 0 Å². The summed E-state index contributed by atoms with van der Waals surface area (Å²) in [5.74, 6) is 0. The van der Waals surface area contributed by atoms with E-state index < -0.39 is 5.60 Å². The lowest BCUT2D eigenvalue weighted by Crippen LogP contribution is -2.26. The van der Waals surface area contributed by atoms with Gasteiger partial charge in [-0.15, -0.1) is 0 Å². The summed E-state index contributed by atoms with van der Waals surface area (Å²) in [6.07, 6.45) is 4.21. The van der Waals surface area contributed by atoms with Gasteiger partial charge in [-0.25, -0.2) is 0 Å². The smallest absolute Gasteiger partial charge is 0.114 e. The summed E-state index contributed by atoms with van der Waals surface area (Å²) in [6.45, 7) is 1.97. The summed E-state index contributed by atoms with van der Waals surface area (Å²) in [7, 11) is 0. The zero-order chi connectivity index (χ0) is 15.6. The Bertz CT molecular complexity index is 736. The molecule has 0 aliphatic heterocycles. The molecular formula is C18H17ClN2O. The van der Waals surface area contributed by atoms with Gasteiger partial charge in [0.05, 0.1) is 6.20 Å². The number of halogens is 1. The van der Waals surface area contributed by atoms with E-state index in [0.29, 0.717) is 11.4 Å². The molecule has 0 aliphatic carbocycles. The first-order chi connectivity index (χ1) is 10.6. The Morgan fingerprint density at radius 1 is 1.00 bits per heavy atom. The van der Waals surface area contributed by atoms with E-state index in [0.717, 1.165) is 22.3 Å². The van der Waals surface area contributed by atoms with Crippen molar-refractivity contribution in [1.29, 1.82) is 0 Å². The fourth-order valence-electron chi connectivity index (χ4n) is 2.65. The van der Waals surface area contributed by atoms with E-state index in [1.54, 1.807) is 18.3 Å². The number of hydrogen-bond acceptors (Lipinski definition) is 2. The average molecular weight is 313 g/mol. The van der Waals surface area contributed by atoms with Crippen molar-refractivity contribution in [1.82, 2.24) is 10.2 Å². The second-order valence-corrected chi connectivity index (χ2v) is 5.72. The van der Waals surface area contributed by atoms with Crippen LogP contribution in [0.2, 0.25) is 5.02 Å². The third kappa shape index (κ3) is 2.65. The fraction of sp³-hybridized carbons (Fsp3) is 0.167. The number of aromatic nitrogens is 2. The summed E-state index contributed by atoms with van der Waals surface area (Å²) >= 11 is 5.94. The number of rotatable bonds is 4. The second-order valence-electron chi connectivity index (χ2n) is 5.29. The van der Waals surface area contributed by atoms with Gasteiger partial charge in [0.25, 0.3) is 0 Å². The van der Waals surface area contributed by atoms with Crippen molar-refractivity contribution < 1.29 is 5.11 Å². The highest BCUT2D eigenvalue weighted by atomic mass is 35.5. The van der Waals surface area contributed by atoms with Crippen LogP contribution in [0.15, 0.2) is 60.9 Å². The molecule has 0 aliphatic rings. The van der Waals surface area contributed by atoms with Gasteiger partial charge in [0, 0.05) is 16.8 Å². The van der Waals surface area contributed by atoms with Gasteiger partial charge in [0.2, 0.25) is 0 Å². The topological polar surface area (TPSA) is 48.9 Å². The molecule has 4 heteroatoms. The zero-order valence-corrected chi connectivity index (χ0v) is 13.0. The average Bonchev–Trinajstić information content (AvgIpc) is 3.09. The molecule has 2 N–H and O–H groups in total. The van der Waals surface area contributed by atoms with Crippen molar-refractivity contribution in [2.45, 2.75) is 18.9 Å². The molecule has 3 aromatic rings. The van der Waals surface area contributed by atoms with Gasteiger partial charge >= 0.3 is 0 Å². The maximum absolute atomic E-state index is 11.1. The van der Waals surface area contributed by atoms with Crippen molar-refractivity contribution >= 4 is 11.6 Å². The largest absolute Gasteiger partial charge is 0.380 e. The normalized spacial score (nSPS) is 13.8. The third-order valence-electron chi connectivity index (χ3n) is 4.03. The summed E-state index contributed by atoms with van der Waals surface area (Å²) in [6, 6.07) is 15.3. The van der Waals surface area contributed by atoms with Gasteiger partial charge in [-0.3, -0.25) is 5.10 Å². The SMILES string of the molecule is CCC(O)(c1ccc(Cl)cc1)c1ccc(-c2cn[nH]c2)cc1. The Morgan fingerprint density at radius 2 is 1.59 bits per heavy atom. The lowest BCUT2D eigenvalue weighted by molar-refractivity contribution is 0.0765. The minimum Gasteiger partial charge on any atom is -0.380 e. The van der Waals surface area contributed by atoms with E-state index in [4.69, 9.17) is 11.6 Å². The van der Waals surface area contributed by atoms with Crippen LogP contribution in [-0.4, -0.2) is 15.3 Å². The summed E-state index contributed by atoms with van der Waals surface area (Å²) in [4.78, 5) is 0. The Labute approximate surface area is 134 Å². The highest BCUT2D eigenvalue weighted by molar-refractivity contribution is 6.30. The van der Waals surface area contributed by atoms with Crippen LogP contribution < -0.4 is 0 Å². The molecule has 0 spiro atoms. The summed E-state index contributed by atoms with van der Waals surface area (Å²) in [5.41, 5.74) is 2.78. The van der Waals surface area contributed by atoms with E-state index in [9.17, 15) is 5.11 Å². The lowest BCUT2D eigenvalue weighted by atomic mass is 9.83. The Balaban J connectivity index is 1.98. The maximum atomic E-state index is 11.1. The van der Waals surface area contributed by atoms with Crippen LogP contribution in [0.3, 0.4) is 0 Å². The van der Waals surface area contributed by atoms with Gasteiger partial charge in [0.1, 0.15) is 5.60 Å². The Kier molecular flexibility index (Phi) is 4.01. The molecule has 0 amide bonds. The number of H-pyrrole nitrogens is 1. The molecule has 1 aromatic heterocycles. The molecule has 0 radical (unpaired) electrons. The van der Waals surface area contributed by atoms with Crippen LogP contribution in [-0.2, 0) is 5.60 Å². The molecule has 1 atom stereocenters. The standard InChI is InChI=1S/C18H17ClN2O/c1-2-18(22,16-7-9-17(19)10-8-16)15-5-3-13(4-6-15)14-11-20-21-12-14/h3-12,22H,2H2,1H3,(H,20,21). The van der Waals surface area contributed by atoms with Crippen LogP contribution >= 0.6 is 11.6 Å². The molecule has 22 heavy (non-hydrogen) atoms. The molecule has 2 aromatic carbocycles. The molecule has 3 nitrogen and oxygen atoms in total. The molecule has 3 rings (SSSR count). The van der Waals surface area contributed by atoms with Crippen LogP contribution in [0.5, 0.6) is 0 Å². The first-order valence-corrected chi connectivity index (χ1v) is 7.59. The van der Waals surface area contributed by atoms with Gasteiger partial charge in [-0.05, 0) is 35.2 Å². The molecular weight excluding hydrogens is 296 g/mol. The fourth-order valence-corrected chi connectivity index (χ4v) is 2.77. The highest BCUT2D eigenvalue weighted by Crippen LogP contribution is 2.34. The second kappa shape index (κ2) is 5.95. The zero-order valence-electron chi connectivity index (χ0n) is 12.3. The number of nitrogens with zero attached hydrogens (tertiary/aromatic N) is 1. The predicted molar refractivity (Wildman–Crippen MR) is 88.8 cm³/mol. The molecule has 0 saturated heterocycles. The predicted octanol–water partition coefficient (Wildman–Crippen LogP) is 4.38. The van der Waals surface area contributed by atoms with Crippen LogP contribution in [0, 0.1) is 0 Å². The quantitative estimate of drug-likeness (QED) is 0.751. The van der Waals surface area contributed by atoms with Crippen molar-refractivity contribution in [3.05, 3.63) is 77.1 Å². The van der Waals surface area contributed by atoms with Crippen molar-refractivity contribution in [3.8, 4) is 11.1 Å². The van der Waals surface area contributed by atoms with Crippen molar-refractivity contribution in [2.75, 3.05) is 0 Å². The van der Waals surface area contributed by atoms with E-state index in [1.807, 2.05) is 49.5 Å². The third-order valence-corrected chi connectivity index (χ3v) is 4.28.